The highest BCUT2D eigenvalue weighted by Crippen LogP contribution is 2.18. The van der Waals surface area contributed by atoms with Gasteiger partial charge in [0.25, 0.3) is 5.91 Å². The quantitative estimate of drug-likeness (QED) is 0.897. The molecule has 8 heteroatoms. The monoisotopic (exact) mass is 349 g/mol. The average Bonchev–Trinajstić information content (AvgIpc) is 2.47. The first-order chi connectivity index (χ1) is 9.99. The minimum absolute atomic E-state index is 0. The van der Waals surface area contributed by atoms with Crippen LogP contribution in [0.2, 0.25) is 5.02 Å². The molecule has 0 radical (unpaired) electrons. The molecule has 0 aliphatic carbocycles. The van der Waals surface area contributed by atoms with E-state index >= 15 is 0 Å². The lowest BCUT2D eigenvalue weighted by Gasteiger charge is -2.29. The number of piperazine rings is 1. The average molecular weight is 350 g/mol. The van der Waals surface area contributed by atoms with Gasteiger partial charge in [-0.3, -0.25) is 9.59 Å². The molecule has 2 rings (SSSR count). The fourth-order valence-electron chi connectivity index (χ4n) is 2.16. The van der Waals surface area contributed by atoms with Crippen LogP contribution in [-0.2, 0) is 4.79 Å². The van der Waals surface area contributed by atoms with Crippen molar-refractivity contribution >= 4 is 35.8 Å². The third kappa shape index (κ3) is 4.56. The van der Waals surface area contributed by atoms with Gasteiger partial charge in [-0.05, 0) is 18.2 Å². The maximum atomic E-state index is 13.0. The van der Waals surface area contributed by atoms with Gasteiger partial charge in [-0.25, -0.2) is 4.39 Å². The fourth-order valence-corrected chi connectivity index (χ4v) is 2.41. The Kier molecular flexibility index (Phi) is 7.06. The van der Waals surface area contributed by atoms with Crippen LogP contribution in [0.4, 0.5) is 4.39 Å². The number of nitrogens with zero attached hydrogens (tertiary/aromatic N) is 2. The number of amides is 2. The minimum Gasteiger partial charge on any atom is -0.339 e. The molecule has 1 aromatic rings. The Morgan fingerprint density at radius 1 is 1.36 bits per heavy atom. The third-order valence-corrected chi connectivity index (χ3v) is 3.66. The van der Waals surface area contributed by atoms with E-state index in [-0.39, 0.29) is 35.4 Å². The third-order valence-electron chi connectivity index (χ3n) is 3.35. The second-order valence-corrected chi connectivity index (χ2v) is 5.32. The number of carbonyl (C=O) groups is 2. The Hall–Kier alpha value is -1.37. The number of rotatable bonds is 3. The first-order valence-corrected chi connectivity index (χ1v) is 7.06. The Balaban J connectivity index is 0.00000242. The number of halogens is 3. The van der Waals surface area contributed by atoms with E-state index in [2.05, 4.69) is 5.32 Å². The molecule has 1 aliphatic rings. The van der Waals surface area contributed by atoms with Gasteiger partial charge >= 0.3 is 0 Å². The molecule has 0 bridgehead atoms. The van der Waals surface area contributed by atoms with Crippen molar-refractivity contribution in [3.05, 3.63) is 34.6 Å². The fraction of sp³-hybridized carbons (Fsp3) is 0.429. The van der Waals surface area contributed by atoms with Crippen LogP contribution in [0.15, 0.2) is 18.2 Å². The molecular formula is C14H18Cl2FN3O2. The Bertz CT molecular complexity index is 551. The topological polar surface area (TPSA) is 52.7 Å². The Labute approximate surface area is 139 Å². The molecule has 1 fully saturated rings. The highest BCUT2D eigenvalue weighted by Gasteiger charge is 2.22. The molecule has 0 atom stereocenters. The molecule has 1 aromatic carbocycles. The van der Waals surface area contributed by atoms with Crippen LogP contribution >= 0.6 is 24.0 Å². The molecule has 1 heterocycles. The van der Waals surface area contributed by atoms with Gasteiger partial charge in [0.15, 0.2) is 0 Å². The van der Waals surface area contributed by atoms with Gasteiger partial charge < -0.3 is 15.1 Å². The zero-order chi connectivity index (χ0) is 15.4. The van der Waals surface area contributed by atoms with Crippen LogP contribution in [0.1, 0.15) is 10.4 Å². The van der Waals surface area contributed by atoms with Gasteiger partial charge in [0.1, 0.15) is 5.82 Å². The van der Waals surface area contributed by atoms with E-state index in [1.54, 1.807) is 4.90 Å². The highest BCUT2D eigenvalue weighted by atomic mass is 35.5. The molecule has 1 saturated heterocycles. The van der Waals surface area contributed by atoms with Gasteiger partial charge in [0, 0.05) is 33.2 Å². The summed E-state index contributed by atoms with van der Waals surface area (Å²) in [4.78, 5) is 27.3. The van der Waals surface area contributed by atoms with Crippen molar-refractivity contribution in [1.29, 1.82) is 0 Å². The van der Waals surface area contributed by atoms with Crippen molar-refractivity contribution in [2.24, 2.45) is 0 Å². The number of nitrogens with one attached hydrogen (secondary N) is 1. The van der Waals surface area contributed by atoms with E-state index in [9.17, 15) is 14.0 Å². The molecule has 22 heavy (non-hydrogen) atoms. The van der Waals surface area contributed by atoms with Crippen LogP contribution in [0.3, 0.4) is 0 Å². The van der Waals surface area contributed by atoms with Crippen molar-refractivity contribution < 1.29 is 14.0 Å². The van der Waals surface area contributed by atoms with Gasteiger partial charge in [-0.1, -0.05) is 11.6 Å². The van der Waals surface area contributed by atoms with E-state index < -0.39 is 11.7 Å². The lowest BCUT2D eigenvalue weighted by Crippen LogP contribution is -2.49. The number of benzene rings is 1. The summed E-state index contributed by atoms with van der Waals surface area (Å²) in [5.41, 5.74) is 0.189. The summed E-state index contributed by atoms with van der Waals surface area (Å²) in [6, 6.07) is 3.58. The predicted molar refractivity (Wildman–Crippen MR) is 85.1 cm³/mol. The second kappa shape index (κ2) is 8.31. The van der Waals surface area contributed by atoms with E-state index in [1.807, 2.05) is 0 Å². The van der Waals surface area contributed by atoms with Gasteiger partial charge in [-0.15, -0.1) is 12.4 Å². The van der Waals surface area contributed by atoms with Crippen molar-refractivity contribution in [3.63, 3.8) is 0 Å². The zero-order valence-corrected chi connectivity index (χ0v) is 13.7. The number of carbonyl (C=O) groups excluding carboxylic acids is 2. The molecule has 0 spiro atoms. The smallest absolute Gasteiger partial charge is 0.255 e. The molecule has 0 aromatic heterocycles. The predicted octanol–water partition coefficient (Wildman–Crippen LogP) is 1.40. The van der Waals surface area contributed by atoms with E-state index in [1.165, 1.54) is 24.1 Å². The molecule has 5 nitrogen and oxygen atoms in total. The van der Waals surface area contributed by atoms with Crippen LogP contribution < -0.4 is 5.32 Å². The van der Waals surface area contributed by atoms with E-state index in [4.69, 9.17) is 11.6 Å². The van der Waals surface area contributed by atoms with Crippen molar-refractivity contribution in [2.45, 2.75) is 0 Å². The summed E-state index contributed by atoms with van der Waals surface area (Å²) < 4.78 is 13.0. The Morgan fingerprint density at radius 2 is 2.00 bits per heavy atom. The molecule has 2 amide bonds. The molecule has 1 aliphatic heterocycles. The van der Waals surface area contributed by atoms with Gasteiger partial charge in [0.05, 0.1) is 17.1 Å². The SMILES string of the molecule is CN(CC(=O)N1CCNCC1)C(=O)c1ccc(F)cc1Cl.Cl. The second-order valence-electron chi connectivity index (χ2n) is 4.92. The summed E-state index contributed by atoms with van der Waals surface area (Å²) in [5, 5.41) is 3.20. The van der Waals surface area contributed by atoms with E-state index in [0.29, 0.717) is 13.1 Å². The van der Waals surface area contributed by atoms with Crippen molar-refractivity contribution in [1.82, 2.24) is 15.1 Å². The van der Waals surface area contributed by atoms with Crippen LogP contribution in [0, 0.1) is 5.82 Å². The van der Waals surface area contributed by atoms with Crippen LogP contribution in [0.25, 0.3) is 0 Å². The zero-order valence-electron chi connectivity index (χ0n) is 12.1. The van der Waals surface area contributed by atoms with Crippen LogP contribution in [0.5, 0.6) is 0 Å². The summed E-state index contributed by atoms with van der Waals surface area (Å²) in [6.45, 7) is 2.77. The largest absolute Gasteiger partial charge is 0.339 e. The standard InChI is InChI=1S/C14H17ClFN3O2.ClH/c1-18(9-13(20)19-6-4-17-5-7-19)14(21)11-3-2-10(16)8-12(11)15;/h2-3,8,17H,4-7,9H2,1H3;1H. The normalized spacial score (nSPS) is 14.2. The number of hydrogen-bond acceptors (Lipinski definition) is 3. The maximum absolute atomic E-state index is 13.0. The maximum Gasteiger partial charge on any atom is 0.255 e. The van der Waals surface area contributed by atoms with Crippen molar-refractivity contribution in [3.8, 4) is 0 Å². The summed E-state index contributed by atoms with van der Waals surface area (Å²) in [7, 11) is 1.53. The first-order valence-electron chi connectivity index (χ1n) is 6.68. The first kappa shape index (κ1) is 18.7. The molecule has 1 N–H and O–H groups in total. The number of hydrogen-bond donors (Lipinski definition) is 1. The summed E-state index contributed by atoms with van der Waals surface area (Å²) in [5.74, 6) is -1.01. The molecule has 0 saturated carbocycles. The van der Waals surface area contributed by atoms with Gasteiger partial charge in [0.2, 0.25) is 5.91 Å². The molecule has 0 unspecified atom stereocenters. The summed E-state index contributed by atoms with van der Waals surface area (Å²) >= 11 is 5.86. The summed E-state index contributed by atoms with van der Waals surface area (Å²) in [6.07, 6.45) is 0. The lowest BCUT2D eigenvalue weighted by molar-refractivity contribution is -0.132. The minimum atomic E-state index is -0.504. The molecular weight excluding hydrogens is 332 g/mol. The van der Waals surface area contributed by atoms with Crippen molar-refractivity contribution in [2.75, 3.05) is 39.8 Å². The van der Waals surface area contributed by atoms with Crippen LogP contribution in [-0.4, -0.2) is 61.4 Å². The van der Waals surface area contributed by atoms with Gasteiger partial charge in [-0.2, -0.15) is 0 Å². The Morgan fingerprint density at radius 3 is 2.59 bits per heavy atom. The van der Waals surface area contributed by atoms with E-state index in [0.717, 1.165) is 19.2 Å². The molecule has 122 valence electrons. The number of likely N-dealkylation sites (N-methyl/N-ethyl adjacent to an activating group) is 1. The lowest BCUT2D eigenvalue weighted by atomic mass is 10.2. The highest BCUT2D eigenvalue weighted by molar-refractivity contribution is 6.33.